The van der Waals surface area contributed by atoms with Crippen LogP contribution in [-0.4, -0.2) is 142 Å². The molecule has 1 heterocycles. The Morgan fingerprint density at radius 1 is 0.797 bits per heavy atom. The van der Waals surface area contributed by atoms with Gasteiger partial charge < -0.3 is 64.4 Å². The lowest BCUT2D eigenvalue weighted by atomic mass is 9.96. The van der Waals surface area contributed by atoms with Gasteiger partial charge in [-0.05, 0) is 48.8 Å². The highest BCUT2D eigenvalue weighted by Crippen LogP contribution is 2.24. The maximum absolute atomic E-state index is 14.5. The van der Waals surface area contributed by atoms with Crippen molar-refractivity contribution in [3.63, 3.8) is 0 Å². The molecule has 1 aromatic carbocycles. The zero-order chi connectivity index (χ0) is 51.8. The molecule has 11 amide bonds. The summed E-state index contributed by atoms with van der Waals surface area (Å²) in [4.78, 5) is 147. The van der Waals surface area contributed by atoms with Gasteiger partial charge in [0.2, 0.25) is 65.0 Å². The van der Waals surface area contributed by atoms with Crippen molar-refractivity contribution in [3.05, 3.63) is 29.8 Å². The SMILES string of the molecule is CCCCN(CC(=O)N[C@@H](CC(C)C)C(=O)NCC(N)=O)C(=O)[C@@H]1CSSCCC(=O)N[C@@H](Cc2ccc(O)cc2)C(=O)N[C@@H]([C@@H](C)CC)C(=O)N[C@@H](CCC(N)=O)C(=O)N[C@@H](CC(N)=O)C(=O)N1. The molecule has 1 aromatic rings. The second-order valence-electron chi connectivity index (χ2n) is 17.1. The van der Waals surface area contributed by atoms with Crippen LogP contribution in [0.1, 0.15) is 91.5 Å². The van der Waals surface area contributed by atoms with Gasteiger partial charge in [-0.1, -0.05) is 81.2 Å². The normalized spacial score (nSPS) is 20.9. The van der Waals surface area contributed by atoms with Crippen LogP contribution in [0.15, 0.2) is 24.3 Å². The van der Waals surface area contributed by atoms with Gasteiger partial charge in [-0.3, -0.25) is 52.7 Å². The molecule has 384 valence electrons. The number of phenolic OH excluding ortho intramolecular Hbond substituents is 1. The molecule has 0 radical (unpaired) electrons. The summed E-state index contributed by atoms with van der Waals surface area (Å²) in [7, 11) is 2.22. The topological polar surface area (TPSA) is 374 Å². The van der Waals surface area contributed by atoms with Crippen LogP contribution >= 0.6 is 21.6 Å². The Bertz CT molecular complexity index is 1980. The summed E-state index contributed by atoms with van der Waals surface area (Å²) in [5.41, 5.74) is 16.7. The van der Waals surface area contributed by atoms with Crippen molar-refractivity contribution >= 4 is 86.6 Å². The Balaban J connectivity index is 2.63. The Morgan fingerprint density at radius 3 is 2.03 bits per heavy atom. The van der Waals surface area contributed by atoms with E-state index in [9.17, 15) is 57.8 Å². The number of aromatic hydroxyl groups is 1. The highest BCUT2D eigenvalue weighted by Gasteiger charge is 2.36. The number of rotatable bonds is 21. The van der Waals surface area contributed by atoms with E-state index >= 15 is 0 Å². The van der Waals surface area contributed by atoms with Crippen molar-refractivity contribution in [2.45, 2.75) is 129 Å². The lowest BCUT2D eigenvalue weighted by Gasteiger charge is -2.30. The van der Waals surface area contributed by atoms with E-state index in [0.29, 0.717) is 24.8 Å². The predicted octanol–water partition coefficient (Wildman–Crippen LogP) is -1.91. The predicted molar refractivity (Wildman–Crippen MR) is 258 cm³/mol. The van der Waals surface area contributed by atoms with Gasteiger partial charge in [-0.2, -0.15) is 0 Å². The molecule has 69 heavy (non-hydrogen) atoms. The van der Waals surface area contributed by atoms with Gasteiger partial charge in [-0.15, -0.1) is 0 Å². The van der Waals surface area contributed by atoms with E-state index in [1.807, 2.05) is 20.8 Å². The third-order valence-corrected chi connectivity index (χ3v) is 13.2. The number of primary amides is 3. The van der Waals surface area contributed by atoms with Crippen LogP contribution in [0.3, 0.4) is 0 Å². The number of benzene rings is 1. The van der Waals surface area contributed by atoms with Crippen molar-refractivity contribution in [1.82, 2.24) is 42.1 Å². The Kier molecular flexibility index (Phi) is 26.0. The van der Waals surface area contributed by atoms with Gasteiger partial charge in [0, 0.05) is 37.3 Å². The van der Waals surface area contributed by atoms with E-state index in [4.69, 9.17) is 17.2 Å². The third kappa shape index (κ3) is 22.2. The van der Waals surface area contributed by atoms with Crippen LogP contribution in [0.4, 0.5) is 0 Å². The third-order valence-electron chi connectivity index (χ3n) is 10.7. The lowest BCUT2D eigenvalue weighted by molar-refractivity contribution is -0.140. The van der Waals surface area contributed by atoms with Crippen LogP contribution in [0.25, 0.3) is 0 Å². The smallest absolute Gasteiger partial charge is 0.246 e. The number of phenols is 1. The molecule has 0 bridgehead atoms. The van der Waals surface area contributed by atoms with E-state index < -0.39 is 133 Å². The van der Waals surface area contributed by atoms with Crippen LogP contribution in [-0.2, 0) is 59.2 Å². The first-order chi connectivity index (χ1) is 32.5. The quantitative estimate of drug-likeness (QED) is 0.0600. The van der Waals surface area contributed by atoms with Gasteiger partial charge in [0.05, 0.1) is 19.5 Å². The minimum atomic E-state index is -1.74. The summed E-state index contributed by atoms with van der Waals surface area (Å²) in [6.07, 6.45) is -0.234. The molecule has 0 unspecified atom stereocenters. The monoisotopic (exact) mass is 1010 g/mol. The van der Waals surface area contributed by atoms with Crippen molar-refractivity contribution in [1.29, 1.82) is 0 Å². The molecule has 1 aliphatic heterocycles. The summed E-state index contributed by atoms with van der Waals surface area (Å²) < 4.78 is 0. The van der Waals surface area contributed by atoms with Gasteiger partial charge in [0.1, 0.15) is 42.0 Å². The van der Waals surface area contributed by atoms with E-state index in [0.717, 1.165) is 21.6 Å². The summed E-state index contributed by atoms with van der Waals surface area (Å²) in [6, 6.07) is -2.40. The fourth-order valence-corrected chi connectivity index (χ4v) is 8.95. The minimum Gasteiger partial charge on any atom is -0.508 e. The molecular weight excluding hydrogens is 939 g/mol. The molecule has 2 rings (SSSR count). The first-order valence-corrected chi connectivity index (χ1v) is 25.3. The largest absolute Gasteiger partial charge is 0.508 e. The summed E-state index contributed by atoms with van der Waals surface area (Å²) in [5.74, 6) is -9.77. The Hall–Kier alpha value is -6.11. The molecule has 1 aliphatic rings. The first kappa shape index (κ1) is 59.0. The fourth-order valence-electron chi connectivity index (χ4n) is 6.81. The van der Waals surface area contributed by atoms with Gasteiger partial charge >= 0.3 is 0 Å². The molecule has 14 N–H and O–H groups in total. The second kappa shape index (κ2) is 30.4. The van der Waals surface area contributed by atoms with Gasteiger partial charge in [-0.25, -0.2) is 0 Å². The number of hydrogen-bond donors (Lipinski definition) is 11. The van der Waals surface area contributed by atoms with Crippen molar-refractivity contribution in [2.75, 3.05) is 31.1 Å². The van der Waals surface area contributed by atoms with Crippen molar-refractivity contribution in [2.24, 2.45) is 29.0 Å². The lowest BCUT2D eigenvalue weighted by Crippen LogP contribution is -2.61. The minimum absolute atomic E-state index is 0.0229. The number of nitrogens with two attached hydrogens (primary N) is 3. The number of hydrogen-bond acceptors (Lipinski definition) is 14. The summed E-state index contributed by atoms with van der Waals surface area (Å²) >= 11 is 0. The molecule has 0 aromatic heterocycles. The molecule has 0 spiro atoms. The Morgan fingerprint density at radius 2 is 1.43 bits per heavy atom. The van der Waals surface area contributed by atoms with Crippen LogP contribution in [0.5, 0.6) is 5.75 Å². The average molecular weight is 1010 g/mol. The van der Waals surface area contributed by atoms with E-state index in [1.54, 1.807) is 26.0 Å². The molecule has 0 saturated carbocycles. The molecule has 1 saturated heterocycles. The highest BCUT2D eigenvalue weighted by molar-refractivity contribution is 8.76. The number of unbranched alkanes of at least 4 members (excludes halogenated alkanes) is 1. The highest BCUT2D eigenvalue weighted by atomic mass is 33.1. The number of carbonyl (C=O) groups is 11. The molecule has 0 aliphatic carbocycles. The first-order valence-electron chi connectivity index (χ1n) is 22.8. The molecule has 23 nitrogen and oxygen atoms in total. The van der Waals surface area contributed by atoms with Gasteiger partial charge in [0.25, 0.3) is 0 Å². The van der Waals surface area contributed by atoms with E-state index in [-0.39, 0.29) is 55.4 Å². The van der Waals surface area contributed by atoms with Crippen LogP contribution < -0.4 is 54.4 Å². The van der Waals surface area contributed by atoms with Gasteiger partial charge in [0.15, 0.2) is 0 Å². The maximum atomic E-state index is 14.5. The molecule has 25 heteroatoms. The Labute approximate surface area is 409 Å². The average Bonchev–Trinajstić information content (AvgIpc) is 3.28. The second-order valence-corrected chi connectivity index (χ2v) is 19.8. The molecule has 1 fully saturated rings. The molecule has 7 atom stereocenters. The van der Waals surface area contributed by atoms with Crippen LogP contribution in [0, 0.1) is 11.8 Å². The number of carbonyl (C=O) groups excluding carboxylic acids is 11. The molecular formula is C44H69N11O12S2. The maximum Gasteiger partial charge on any atom is 0.246 e. The van der Waals surface area contributed by atoms with E-state index in [1.165, 1.54) is 17.0 Å². The van der Waals surface area contributed by atoms with E-state index in [2.05, 4.69) is 37.2 Å². The van der Waals surface area contributed by atoms with Crippen molar-refractivity contribution < 1.29 is 57.8 Å². The van der Waals surface area contributed by atoms with Crippen molar-refractivity contribution in [3.8, 4) is 5.75 Å². The summed E-state index contributed by atoms with van der Waals surface area (Å²) in [5, 5.41) is 27.8. The zero-order valence-corrected chi connectivity index (χ0v) is 41.4. The zero-order valence-electron chi connectivity index (χ0n) is 39.8. The van der Waals surface area contributed by atoms with Crippen LogP contribution in [0.2, 0.25) is 0 Å². The standard InChI is InChI=1S/C44H69N11O12S2/c1-6-8-16-55(22-37(61)50-29(18-24(3)4)39(62)48-21-35(47)59)44(67)32-23-69-68-17-15-36(60)49-30(19-26-9-11-27(56)12-10-26)42(65)54-38(25(5)7-2)43(66)51-28(13-14-33(45)57)40(63)52-31(20-34(46)58)41(64)53-32/h9-12,24-25,28-32,38,56H,6-8,13-23H2,1-5H3,(H2,45,57)(H2,46,58)(H2,47,59)(H,48,62)(H,49,60)(H,50,61)(H,51,66)(H,52,63)(H,53,64)(H,54,65)/t25-,28-,29-,30-,31-,32-,38-/m0/s1. The summed E-state index contributed by atoms with van der Waals surface area (Å²) in [6.45, 7) is 7.88. The number of nitrogens with one attached hydrogen (secondary N) is 7. The number of nitrogens with zero attached hydrogens (tertiary/aromatic N) is 1. The number of amides is 11. The fraction of sp³-hybridized carbons (Fsp3) is 0.614.